The molecular weight excluding hydrogens is 640 g/mol. The summed E-state index contributed by atoms with van der Waals surface area (Å²) in [7, 11) is 3.50. The predicted octanol–water partition coefficient (Wildman–Crippen LogP) is 4.97. The van der Waals surface area contributed by atoms with Gasteiger partial charge in [0.15, 0.2) is 0 Å². The molecule has 1 saturated heterocycles. The summed E-state index contributed by atoms with van der Waals surface area (Å²) in [5.74, 6) is 1.37. The Bertz CT molecular complexity index is 933. The first-order valence-corrected chi connectivity index (χ1v) is 11.3. The normalized spacial score (nSPS) is 16.7. The molecule has 0 radical (unpaired) electrons. The average molecular weight is 676 g/mol. The second-order valence-electron chi connectivity index (χ2n) is 8.89. The molecule has 1 fully saturated rings. The van der Waals surface area contributed by atoms with Crippen LogP contribution in [0.3, 0.4) is 0 Å². The molecule has 33 heavy (non-hydrogen) atoms. The Morgan fingerprint density at radius 1 is 1.24 bits per heavy atom. The van der Waals surface area contributed by atoms with Crippen LogP contribution in [0.5, 0.6) is 0 Å². The summed E-state index contributed by atoms with van der Waals surface area (Å²) in [5, 5.41) is 27.8. The van der Waals surface area contributed by atoms with Crippen molar-refractivity contribution in [3.63, 3.8) is 0 Å². The first-order valence-electron chi connectivity index (χ1n) is 11.3. The van der Waals surface area contributed by atoms with Crippen molar-refractivity contribution in [1.82, 2.24) is 9.97 Å². The zero-order valence-corrected chi connectivity index (χ0v) is 24.5. The molecule has 0 bridgehead atoms. The molecule has 2 N–H and O–H groups in total. The largest absolute Gasteiger partial charge is 2.00 e. The minimum Gasteiger partial charge on any atom is -0.668 e. The Balaban J connectivity index is 0.000000914. The van der Waals surface area contributed by atoms with Gasteiger partial charge in [-0.25, -0.2) is 4.98 Å². The third-order valence-corrected chi connectivity index (χ3v) is 5.73. The van der Waals surface area contributed by atoms with Crippen LogP contribution < -0.4 is 4.90 Å². The molecule has 2 aliphatic heterocycles. The molecular formula is C25H35N5O2U. The van der Waals surface area contributed by atoms with E-state index in [1.807, 2.05) is 18.2 Å². The SMILES string of the molecule is CCC=C1[N-]c2cc(-c3ccc(C(C)(C)O)nc3)nc(N3CCC(CO)CC3)c21.C[N-]C.[U+2]. The van der Waals surface area contributed by atoms with E-state index >= 15 is 0 Å². The number of hydrogen-bond donors (Lipinski definition) is 2. The van der Waals surface area contributed by atoms with Crippen molar-refractivity contribution >= 4 is 17.2 Å². The van der Waals surface area contributed by atoms with Gasteiger partial charge in [-0.1, -0.05) is 13.0 Å². The maximum absolute atomic E-state index is 10.2. The molecule has 2 aliphatic rings. The van der Waals surface area contributed by atoms with E-state index in [9.17, 15) is 10.2 Å². The number of fused-ring (bicyclic) bond motifs is 1. The fourth-order valence-corrected chi connectivity index (χ4v) is 3.94. The van der Waals surface area contributed by atoms with Crippen LogP contribution in [0.1, 0.15) is 51.3 Å². The summed E-state index contributed by atoms with van der Waals surface area (Å²) in [6.45, 7) is 7.62. The van der Waals surface area contributed by atoms with Crippen LogP contribution in [0.25, 0.3) is 27.6 Å². The average Bonchev–Trinajstić information content (AvgIpc) is 2.77. The smallest absolute Gasteiger partial charge is 0.668 e. The molecule has 0 amide bonds. The number of piperidine rings is 1. The Morgan fingerprint density at radius 2 is 1.91 bits per heavy atom. The second-order valence-corrected chi connectivity index (χ2v) is 8.89. The number of pyridine rings is 2. The maximum atomic E-state index is 10.2. The van der Waals surface area contributed by atoms with Gasteiger partial charge in [0.05, 0.1) is 11.4 Å². The van der Waals surface area contributed by atoms with Crippen LogP contribution in [-0.4, -0.2) is 54.0 Å². The predicted molar refractivity (Wildman–Crippen MR) is 131 cm³/mol. The van der Waals surface area contributed by atoms with E-state index in [0.717, 1.165) is 66.4 Å². The van der Waals surface area contributed by atoms with E-state index < -0.39 is 5.60 Å². The third-order valence-electron chi connectivity index (χ3n) is 5.73. The molecule has 4 rings (SSSR count). The summed E-state index contributed by atoms with van der Waals surface area (Å²) >= 11 is 0. The van der Waals surface area contributed by atoms with E-state index in [1.165, 1.54) is 0 Å². The van der Waals surface area contributed by atoms with E-state index in [1.54, 1.807) is 34.1 Å². The zero-order valence-electron chi connectivity index (χ0n) is 20.3. The number of rotatable bonds is 5. The van der Waals surface area contributed by atoms with Crippen LogP contribution in [0.2, 0.25) is 0 Å². The van der Waals surface area contributed by atoms with Crippen molar-refractivity contribution in [3.05, 3.63) is 52.4 Å². The standard InChI is InChI=1S/C23H29N4O2.C2H6N.U/c1-4-5-17-21-19(25-17)12-18(16-6-7-20(24-13-16)23(2,3)29)26-22(21)27-10-8-15(14-28)9-11-27;1-3-2;/h5-7,12-13,15,28-29H,4,8-11,14H2,1-3H3;1-2H3;/q2*-1;+2. The first kappa shape index (κ1) is 27.8. The number of aliphatic hydroxyl groups excluding tert-OH is 1. The van der Waals surface area contributed by atoms with Gasteiger partial charge in [0.25, 0.3) is 0 Å². The minimum atomic E-state index is -0.968. The van der Waals surface area contributed by atoms with Gasteiger partial charge in [0, 0.05) is 31.5 Å². The molecule has 2 aromatic heterocycles. The Hall–Kier alpha value is -1.43. The third kappa shape index (κ3) is 6.58. The van der Waals surface area contributed by atoms with Crippen LogP contribution in [-0.2, 0) is 5.60 Å². The monoisotopic (exact) mass is 675 g/mol. The van der Waals surface area contributed by atoms with Gasteiger partial charge in [-0.3, -0.25) is 4.98 Å². The molecule has 7 nitrogen and oxygen atoms in total. The first-order chi connectivity index (χ1) is 15.3. The molecule has 0 aromatic carbocycles. The van der Waals surface area contributed by atoms with E-state index in [2.05, 4.69) is 28.2 Å². The van der Waals surface area contributed by atoms with Crippen LogP contribution in [0, 0.1) is 37.0 Å². The molecule has 0 aliphatic carbocycles. The quantitative estimate of drug-likeness (QED) is 0.467. The molecule has 2 aromatic rings. The molecule has 4 heterocycles. The topological polar surface area (TPSA) is 97.7 Å². The van der Waals surface area contributed by atoms with E-state index in [0.29, 0.717) is 11.6 Å². The minimum absolute atomic E-state index is 0. The van der Waals surface area contributed by atoms with Gasteiger partial charge in [-0.2, -0.15) is 14.1 Å². The fraction of sp³-hybridized carbons (Fsp3) is 0.520. The van der Waals surface area contributed by atoms with Crippen molar-refractivity contribution in [2.45, 2.75) is 45.6 Å². The molecule has 0 saturated carbocycles. The van der Waals surface area contributed by atoms with Gasteiger partial charge < -0.3 is 25.7 Å². The summed E-state index contributed by atoms with van der Waals surface area (Å²) in [6.07, 6.45) is 6.80. The number of allylic oxidation sites excluding steroid dienone is 1. The fourth-order valence-electron chi connectivity index (χ4n) is 3.94. The van der Waals surface area contributed by atoms with Gasteiger partial charge >= 0.3 is 31.1 Å². The van der Waals surface area contributed by atoms with Gasteiger partial charge in [-0.15, -0.1) is 11.4 Å². The number of anilines is 1. The van der Waals surface area contributed by atoms with Crippen molar-refractivity contribution in [2.24, 2.45) is 5.92 Å². The Morgan fingerprint density at radius 3 is 2.42 bits per heavy atom. The number of hydrogen-bond acceptors (Lipinski definition) is 5. The zero-order chi connectivity index (χ0) is 23.3. The Kier molecular flexibility index (Phi) is 10.4. The van der Waals surface area contributed by atoms with Crippen molar-refractivity contribution in [1.29, 1.82) is 0 Å². The van der Waals surface area contributed by atoms with Crippen molar-refractivity contribution in [3.8, 4) is 11.3 Å². The second kappa shape index (κ2) is 12.3. The summed E-state index contributed by atoms with van der Waals surface area (Å²) in [4.78, 5) is 11.8. The summed E-state index contributed by atoms with van der Waals surface area (Å²) in [6, 6.07) is 5.83. The van der Waals surface area contributed by atoms with Crippen LogP contribution >= 0.6 is 0 Å². The Labute approximate surface area is 221 Å². The van der Waals surface area contributed by atoms with Crippen molar-refractivity contribution in [2.75, 3.05) is 38.7 Å². The van der Waals surface area contributed by atoms with Crippen LogP contribution in [0.15, 0.2) is 30.5 Å². The molecule has 0 spiro atoms. The van der Waals surface area contributed by atoms with E-state index in [-0.39, 0.29) is 37.7 Å². The van der Waals surface area contributed by atoms with E-state index in [4.69, 9.17) is 10.3 Å². The van der Waals surface area contributed by atoms with Gasteiger partial charge in [0.1, 0.15) is 11.4 Å². The maximum Gasteiger partial charge on any atom is 2.00 e. The van der Waals surface area contributed by atoms with Crippen molar-refractivity contribution < 1.29 is 41.3 Å². The number of aliphatic hydroxyl groups is 2. The molecule has 176 valence electrons. The van der Waals surface area contributed by atoms with Crippen LogP contribution in [0.4, 0.5) is 11.5 Å². The number of aromatic nitrogens is 2. The molecule has 0 atom stereocenters. The number of nitrogens with zero attached hydrogens (tertiary/aromatic N) is 5. The van der Waals surface area contributed by atoms with Gasteiger partial charge in [-0.05, 0) is 62.8 Å². The van der Waals surface area contributed by atoms with Gasteiger partial charge in [0.2, 0.25) is 0 Å². The summed E-state index contributed by atoms with van der Waals surface area (Å²) in [5.41, 5.74) is 4.56. The summed E-state index contributed by atoms with van der Waals surface area (Å²) < 4.78 is 0. The molecule has 0 unspecified atom stereocenters. The molecule has 8 heteroatoms.